The van der Waals surface area contributed by atoms with Gasteiger partial charge in [0.25, 0.3) is 0 Å². The maximum atomic E-state index is 13.1. The molecule has 0 bridgehead atoms. The van der Waals surface area contributed by atoms with Crippen molar-refractivity contribution in [3.63, 3.8) is 0 Å². The van der Waals surface area contributed by atoms with Gasteiger partial charge in [0.15, 0.2) is 0 Å². The number of ether oxygens (including phenoxy) is 1. The molecule has 1 aliphatic heterocycles. The number of carbonyl (C=O) groups excluding carboxylic acids is 1. The lowest BCUT2D eigenvalue weighted by atomic mass is 9.71. The van der Waals surface area contributed by atoms with Crippen LogP contribution in [0.4, 0.5) is 0 Å². The standard InChI is InChI=1S/C26H34N2O4S/c1-4-32-20-9-11-21(12-10-20)33(30,31)28-17-14-19(15-18-28)25(29)27-24-13-16-26(2,3)23-8-6-5-7-22(23)24/h5-12,19,24H,4,13-18H2,1-3H3,(H,27,29). The highest BCUT2D eigenvalue weighted by Crippen LogP contribution is 2.41. The first-order valence-corrected chi connectivity index (χ1v) is 13.3. The highest BCUT2D eigenvalue weighted by Gasteiger charge is 2.36. The summed E-state index contributed by atoms with van der Waals surface area (Å²) < 4.78 is 33.0. The van der Waals surface area contributed by atoms with E-state index in [1.165, 1.54) is 15.4 Å². The second-order valence-electron chi connectivity index (χ2n) is 9.65. The van der Waals surface area contributed by atoms with Gasteiger partial charge < -0.3 is 10.1 Å². The summed E-state index contributed by atoms with van der Waals surface area (Å²) in [6, 6.07) is 14.9. The molecule has 1 saturated heterocycles. The quantitative estimate of drug-likeness (QED) is 0.678. The second kappa shape index (κ2) is 9.47. The van der Waals surface area contributed by atoms with Gasteiger partial charge in [-0.2, -0.15) is 4.31 Å². The largest absolute Gasteiger partial charge is 0.494 e. The average Bonchev–Trinajstić information content (AvgIpc) is 2.82. The van der Waals surface area contributed by atoms with Gasteiger partial charge in [-0.3, -0.25) is 4.79 Å². The number of hydrogen-bond donors (Lipinski definition) is 1. The normalized spacial score (nSPS) is 21.2. The number of benzene rings is 2. The van der Waals surface area contributed by atoms with E-state index < -0.39 is 10.0 Å². The van der Waals surface area contributed by atoms with Crippen LogP contribution in [0.5, 0.6) is 5.75 Å². The van der Waals surface area contributed by atoms with Crippen molar-refractivity contribution in [3.05, 3.63) is 59.7 Å². The number of piperidine rings is 1. The van der Waals surface area contributed by atoms with E-state index in [2.05, 4.69) is 37.4 Å². The fourth-order valence-corrected chi connectivity index (χ4v) is 6.50. The van der Waals surface area contributed by atoms with Crippen molar-refractivity contribution in [3.8, 4) is 5.75 Å². The number of fused-ring (bicyclic) bond motifs is 1. The number of amides is 1. The van der Waals surface area contributed by atoms with Crippen LogP contribution in [0, 0.1) is 5.92 Å². The van der Waals surface area contributed by atoms with Crippen LogP contribution in [0.3, 0.4) is 0 Å². The maximum absolute atomic E-state index is 13.1. The van der Waals surface area contributed by atoms with Crippen molar-refractivity contribution in [1.29, 1.82) is 0 Å². The molecule has 0 aromatic heterocycles. The van der Waals surface area contributed by atoms with Crippen LogP contribution in [0.1, 0.15) is 63.6 Å². The fourth-order valence-electron chi connectivity index (χ4n) is 5.03. The highest BCUT2D eigenvalue weighted by atomic mass is 32.2. The number of sulfonamides is 1. The Morgan fingerprint density at radius 2 is 1.73 bits per heavy atom. The van der Waals surface area contributed by atoms with Crippen molar-refractivity contribution in [2.45, 2.75) is 62.8 Å². The van der Waals surface area contributed by atoms with Gasteiger partial charge in [0.2, 0.25) is 15.9 Å². The van der Waals surface area contributed by atoms with Gasteiger partial charge in [0.05, 0.1) is 17.5 Å². The molecule has 2 aliphatic rings. The van der Waals surface area contributed by atoms with Crippen LogP contribution in [0.15, 0.2) is 53.4 Å². The molecular weight excluding hydrogens is 436 g/mol. The van der Waals surface area contributed by atoms with Crippen molar-refractivity contribution in [2.24, 2.45) is 5.92 Å². The van der Waals surface area contributed by atoms with E-state index in [0.717, 1.165) is 12.8 Å². The predicted molar refractivity (Wildman–Crippen MR) is 129 cm³/mol. The molecule has 7 heteroatoms. The lowest BCUT2D eigenvalue weighted by Gasteiger charge is -2.38. The third-order valence-corrected chi connectivity index (χ3v) is 8.95. The summed E-state index contributed by atoms with van der Waals surface area (Å²) in [5, 5.41) is 3.27. The number of carbonyl (C=O) groups is 1. The van der Waals surface area contributed by atoms with Gasteiger partial charge in [-0.25, -0.2) is 8.42 Å². The third kappa shape index (κ3) is 4.94. The smallest absolute Gasteiger partial charge is 0.243 e. The summed E-state index contributed by atoms with van der Waals surface area (Å²) in [5.74, 6) is 0.519. The van der Waals surface area contributed by atoms with Crippen molar-refractivity contribution in [2.75, 3.05) is 19.7 Å². The first kappa shape index (κ1) is 23.8. The third-order valence-electron chi connectivity index (χ3n) is 7.04. The average molecular weight is 471 g/mol. The van der Waals surface area contributed by atoms with Crippen molar-refractivity contribution >= 4 is 15.9 Å². The highest BCUT2D eigenvalue weighted by molar-refractivity contribution is 7.89. The fraction of sp³-hybridized carbons (Fsp3) is 0.500. The Bertz CT molecular complexity index is 1090. The van der Waals surface area contributed by atoms with Crippen LogP contribution in [0.25, 0.3) is 0 Å². The zero-order chi connectivity index (χ0) is 23.6. The second-order valence-corrected chi connectivity index (χ2v) is 11.6. The molecule has 0 radical (unpaired) electrons. The Morgan fingerprint density at radius 1 is 1.06 bits per heavy atom. The molecule has 1 unspecified atom stereocenters. The molecule has 0 spiro atoms. The summed E-state index contributed by atoms with van der Waals surface area (Å²) in [5.41, 5.74) is 2.62. The minimum atomic E-state index is -3.58. The van der Waals surface area contributed by atoms with Gasteiger partial charge in [0.1, 0.15) is 5.75 Å². The Labute approximate surface area is 197 Å². The molecule has 1 fully saturated rings. The molecule has 2 aromatic carbocycles. The number of nitrogens with one attached hydrogen (secondary N) is 1. The molecule has 2 aromatic rings. The van der Waals surface area contributed by atoms with E-state index in [1.807, 2.05) is 13.0 Å². The van der Waals surface area contributed by atoms with E-state index in [0.29, 0.717) is 38.3 Å². The van der Waals surface area contributed by atoms with Crippen molar-refractivity contribution < 1.29 is 17.9 Å². The summed E-state index contributed by atoms with van der Waals surface area (Å²) in [4.78, 5) is 13.3. The van der Waals surface area contributed by atoms with E-state index in [1.54, 1.807) is 24.3 Å². The molecule has 178 valence electrons. The van der Waals surface area contributed by atoms with Crippen LogP contribution >= 0.6 is 0 Å². The van der Waals surface area contributed by atoms with Crippen LogP contribution < -0.4 is 10.1 Å². The topological polar surface area (TPSA) is 75.7 Å². The van der Waals surface area contributed by atoms with E-state index >= 15 is 0 Å². The molecule has 1 N–H and O–H groups in total. The van der Waals surface area contributed by atoms with E-state index in [4.69, 9.17) is 4.74 Å². The summed E-state index contributed by atoms with van der Waals surface area (Å²) >= 11 is 0. The Kier molecular flexibility index (Phi) is 6.82. The van der Waals surface area contributed by atoms with Gasteiger partial charge in [-0.15, -0.1) is 0 Å². The molecule has 0 saturated carbocycles. The van der Waals surface area contributed by atoms with Crippen LogP contribution in [-0.4, -0.2) is 38.3 Å². The van der Waals surface area contributed by atoms with Gasteiger partial charge in [0, 0.05) is 19.0 Å². The minimum Gasteiger partial charge on any atom is -0.494 e. The number of rotatable bonds is 6. The minimum absolute atomic E-state index is 0.0207. The molecule has 1 heterocycles. The van der Waals surface area contributed by atoms with Crippen LogP contribution in [-0.2, 0) is 20.2 Å². The SMILES string of the molecule is CCOc1ccc(S(=O)(=O)N2CCC(C(=O)NC3CCC(C)(C)c4ccccc43)CC2)cc1. The summed E-state index contributed by atoms with van der Waals surface area (Å²) in [6.07, 6.45) is 3.00. The van der Waals surface area contributed by atoms with Gasteiger partial charge >= 0.3 is 0 Å². The summed E-state index contributed by atoms with van der Waals surface area (Å²) in [7, 11) is -3.58. The van der Waals surface area contributed by atoms with Crippen molar-refractivity contribution in [1.82, 2.24) is 9.62 Å². The van der Waals surface area contributed by atoms with E-state index in [-0.39, 0.29) is 28.2 Å². The Morgan fingerprint density at radius 3 is 2.39 bits per heavy atom. The van der Waals surface area contributed by atoms with Gasteiger partial charge in [-0.1, -0.05) is 38.1 Å². The first-order chi connectivity index (χ1) is 15.7. The van der Waals surface area contributed by atoms with E-state index in [9.17, 15) is 13.2 Å². The molecule has 4 rings (SSSR count). The zero-order valence-electron chi connectivity index (χ0n) is 19.7. The van der Waals surface area contributed by atoms with Gasteiger partial charge in [-0.05, 0) is 73.4 Å². The lowest BCUT2D eigenvalue weighted by Crippen LogP contribution is -2.44. The molecule has 6 nitrogen and oxygen atoms in total. The first-order valence-electron chi connectivity index (χ1n) is 11.8. The maximum Gasteiger partial charge on any atom is 0.243 e. The lowest BCUT2D eigenvalue weighted by molar-refractivity contribution is -0.127. The predicted octanol–water partition coefficient (Wildman–Crippen LogP) is 4.41. The molecule has 1 atom stereocenters. The molecule has 1 amide bonds. The van der Waals surface area contributed by atoms with Crippen LogP contribution in [0.2, 0.25) is 0 Å². The number of nitrogens with zero attached hydrogens (tertiary/aromatic N) is 1. The monoisotopic (exact) mass is 470 g/mol. The number of hydrogen-bond acceptors (Lipinski definition) is 4. The molecule has 33 heavy (non-hydrogen) atoms. The summed E-state index contributed by atoms with van der Waals surface area (Å²) in [6.45, 7) is 7.63. The molecular formula is C26H34N2O4S. The Hall–Kier alpha value is -2.38. The Balaban J connectivity index is 1.37. The zero-order valence-corrected chi connectivity index (χ0v) is 20.5. The molecule has 1 aliphatic carbocycles.